The molecule has 20 heavy (non-hydrogen) atoms. The van der Waals surface area contributed by atoms with E-state index in [2.05, 4.69) is 0 Å². The van der Waals surface area contributed by atoms with Gasteiger partial charge in [-0.25, -0.2) is 0 Å². The fourth-order valence-electron chi connectivity index (χ4n) is 1.52. The smallest absolute Gasteiger partial charge is 0.330 e. The summed E-state index contributed by atoms with van der Waals surface area (Å²) in [4.78, 5) is 31.6. The summed E-state index contributed by atoms with van der Waals surface area (Å²) in [5, 5.41) is 30.1. The summed E-state index contributed by atoms with van der Waals surface area (Å²) in [6.07, 6.45) is -2.15. The van der Waals surface area contributed by atoms with Crippen LogP contribution in [-0.2, 0) is 4.79 Å². The highest BCUT2D eigenvalue weighted by Crippen LogP contribution is 2.35. The first-order valence-electron chi connectivity index (χ1n) is 5.59. The Morgan fingerprint density at radius 1 is 1.60 bits per heavy atom. The highest BCUT2D eigenvalue weighted by molar-refractivity contribution is 8.13. The SMILES string of the molecule is CC(=O)SCCC(O)C(O)c1cc(C=O)sc1[N+](=O)[O-]. The second kappa shape index (κ2) is 7.48. The van der Waals surface area contributed by atoms with Gasteiger partial charge in [0.2, 0.25) is 0 Å². The summed E-state index contributed by atoms with van der Waals surface area (Å²) in [5.41, 5.74) is -0.0811. The minimum absolute atomic E-state index is 0.0811. The third-order valence-corrected chi connectivity index (χ3v) is 4.32. The molecule has 0 saturated heterocycles. The van der Waals surface area contributed by atoms with Gasteiger partial charge in [-0.2, -0.15) is 0 Å². The van der Waals surface area contributed by atoms with Crippen molar-refractivity contribution in [1.82, 2.24) is 0 Å². The normalized spacial score (nSPS) is 13.8. The maximum atomic E-state index is 10.8. The lowest BCUT2D eigenvalue weighted by molar-refractivity contribution is -0.381. The van der Waals surface area contributed by atoms with Crippen LogP contribution in [0.1, 0.15) is 34.7 Å². The number of hydrogen-bond donors (Lipinski definition) is 2. The molecule has 9 heteroatoms. The molecule has 0 bridgehead atoms. The summed E-state index contributed by atoms with van der Waals surface area (Å²) in [6.45, 7) is 1.38. The molecule has 2 N–H and O–H groups in total. The topological polar surface area (TPSA) is 118 Å². The molecule has 1 aromatic rings. The molecule has 0 fully saturated rings. The van der Waals surface area contributed by atoms with Gasteiger partial charge in [0.15, 0.2) is 11.4 Å². The highest BCUT2D eigenvalue weighted by Gasteiger charge is 2.29. The molecule has 0 radical (unpaired) electrons. The molecular weight excluding hydrogens is 306 g/mol. The number of thiophene rings is 1. The number of rotatable bonds is 7. The number of aliphatic hydroxyl groups is 2. The number of hydrogen-bond acceptors (Lipinski definition) is 8. The standard InChI is InChI=1S/C11H13NO6S2/c1-6(14)19-3-2-9(15)10(16)8-4-7(5-13)20-11(8)12(17)18/h4-5,9-10,15-16H,2-3H2,1H3. The maximum Gasteiger partial charge on any atom is 0.330 e. The number of nitrogens with zero attached hydrogens (tertiary/aromatic N) is 1. The average molecular weight is 319 g/mol. The van der Waals surface area contributed by atoms with Crippen LogP contribution in [0.15, 0.2) is 6.07 Å². The maximum absolute atomic E-state index is 10.8. The van der Waals surface area contributed by atoms with Gasteiger partial charge < -0.3 is 10.2 Å². The second-order valence-electron chi connectivity index (χ2n) is 3.93. The molecule has 110 valence electrons. The fraction of sp³-hybridized carbons (Fsp3) is 0.455. The van der Waals surface area contributed by atoms with Crippen molar-refractivity contribution in [2.75, 3.05) is 5.75 Å². The van der Waals surface area contributed by atoms with Crippen LogP contribution in [0.25, 0.3) is 0 Å². The van der Waals surface area contributed by atoms with Gasteiger partial charge in [-0.05, 0) is 12.5 Å². The summed E-state index contributed by atoms with van der Waals surface area (Å²) in [6, 6.07) is 1.20. The summed E-state index contributed by atoms with van der Waals surface area (Å²) >= 11 is 1.64. The molecule has 2 atom stereocenters. The van der Waals surface area contributed by atoms with Gasteiger partial charge in [0, 0.05) is 12.7 Å². The predicted molar refractivity (Wildman–Crippen MR) is 75.1 cm³/mol. The van der Waals surface area contributed by atoms with Crippen molar-refractivity contribution in [2.24, 2.45) is 0 Å². The molecule has 0 aliphatic heterocycles. The molecule has 0 aliphatic rings. The van der Waals surface area contributed by atoms with E-state index in [0.717, 1.165) is 11.8 Å². The molecule has 1 rings (SSSR count). The number of aliphatic hydroxyl groups excluding tert-OH is 2. The van der Waals surface area contributed by atoms with Gasteiger partial charge in [-0.1, -0.05) is 23.1 Å². The lowest BCUT2D eigenvalue weighted by atomic mass is 10.0. The van der Waals surface area contributed by atoms with E-state index in [1.54, 1.807) is 0 Å². The van der Waals surface area contributed by atoms with Crippen molar-refractivity contribution in [3.8, 4) is 0 Å². The zero-order valence-electron chi connectivity index (χ0n) is 10.5. The van der Waals surface area contributed by atoms with Crippen molar-refractivity contribution in [3.05, 3.63) is 26.6 Å². The van der Waals surface area contributed by atoms with Crippen molar-refractivity contribution in [3.63, 3.8) is 0 Å². The second-order valence-corrected chi connectivity index (χ2v) is 6.26. The molecule has 0 amide bonds. The van der Waals surface area contributed by atoms with Gasteiger partial charge in [-0.15, -0.1) is 0 Å². The van der Waals surface area contributed by atoms with Crippen LogP contribution < -0.4 is 0 Å². The van der Waals surface area contributed by atoms with Crippen molar-refractivity contribution < 1.29 is 24.7 Å². The van der Waals surface area contributed by atoms with Gasteiger partial charge in [0.25, 0.3) is 0 Å². The predicted octanol–water partition coefficient (Wildman–Crippen LogP) is 1.53. The Morgan fingerprint density at radius 2 is 2.25 bits per heavy atom. The Bertz CT molecular complexity index is 515. The summed E-state index contributed by atoms with van der Waals surface area (Å²) in [5.74, 6) is 0.298. The van der Waals surface area contributed by atoms with E-state index in [1.807, 2.05) is 0 Å². The van der Waals surface area contributed by atoms with Gasteiger partial charge in [-0.3, -0.25) is 19.7 Å². The zero-order chi connectivity index (χ0) is 15.3. The number of carbonyl (C=O) groups is 2. The molecule has 0 aromatic carbocycles. The van der Waals surface area contributed by atoms with Gasteiger partial charge >= 0.3 is 5.00 Å². The first kappa shape index (κ1) is 16.8. The summed E-state index contributed by atoms with van der Waals surface area (Å²) < 4.78 is 0. The first-order valence-corrected chi connectivity index (χ1v) is 7.39. The minimum atomic E-state index is -1.46. The van der Waals surface area contributed by atoms with Crippen LogP contribution in [0.2, 0.25) is 0 Å². The largest absolute Gasteiger partial charge is 0.390 e. The molecule has 0 spiro atoms. The van der Waals surface area contributed by atoms with E-state index in [9.17, 15) is 29.9 Å². The van der Waals surface area contributed by atoms with Crippen LogP contribution in [0, 0.1) is 10.1 Å². The van der Waals surface area contributed by atoms with Crippen LogP contribution in [-0.4, -0.2) is 38.4 Å². The number of nitro groups is 1. The quantitative estimate of drug-likeness (QED) is 0.444. The average Bonchev–Trinajstić information content (AvgIpc) is 2.81. The molecule has 0 aliphatic carbocycles. The summed E-state index contributed by atoms with van der Waals surface area (Å²) in [7, 11) is 0. The van der Waals surface area contributed by atoms with E-state index in [-0.39, 0.29) is 27.0 Å². The Hall–Kier alpha value is -1.29. The highest BCUT2D eigenvalue weighted by atomic mass is 32.2. The van der Waals surface area contributed by atoms with Crippen LogP contribution in [0.5, 0.6) is 0 Å². The van der Waals surface area contributed by atoms with Crippen molar-refractivity contribution >= 4 is 39.5 Å². The van der Waals surface area contributed by atoms with Gasteiger partial charge in [0.1, 0.15) is 6.10 Å². The van der Waals surface area contributed by atoms with E-state index in [1.165, 1.54) is 13.0 Å². The van der Waals surface area contributed by atoms with E-state index in [4.69, 9.17) is 0 Å². The molecule has 1 heterocycles. The Kier molecular flexibility index (Phi) is 6.27. The monoisotopic (exact) mass is 319 g/mol. The Balaban J connectivity index is 2.82. The van der Waals surface area contributed by atoms with Crippen LogP contribution in [0.3, 0.4) is 0 Å². The van der Waals surface area contributed by atoms with E-state index < -0.39 is 17.1 Å². The first-order chi connectivity index (χ1) is 9.36. The fourth-order valence-corrected chi connectivity index (χ4v) is 2.99. The third-order valence-electron chi connectivity index (χ3n) is 2.44. The third kappa shape index (κ3) is 4.37. The number of aldehydes is 1. The molecule has 0 saturated carbocycles. The zero-order valence-corrected chi connectivity index (χ0v) is 12.1. The molecule has 7 nitrogen and oxygen atoms in total. The molecule has 1 aromatic heterocycles. The number of carbonyl (C=O) groups excluding carboxylic acids is 2. The van der Waals surface area contributed by atoms with Crippen LogP contribution in [0.4, 0.5) is 5.00 Å². The van der Waals surface area contributed by atoms with Crippen molar-refractivity contribution in [2.45, 2.75) is 25.6 Å². The van der Waals surface area contributed by atoms with Crippen molar-refractivity contribution in [1.29, 1.82) is 0 Å². The minimum Gasteiger partial charge on any atom is -0.390 e. The molecular formula is C11H13NO6S2. The lowest BCUT2D eigenvalue weighted by Gasteiger charge is -2.15. The lowest BCUT2D eigenvalue weighted by Crippen LogP contribution is -2.19. The molecule has 2 unspecified atom stereocenters. The van der Waals surface area contributed by atoms with Crippen LogP contribution >= 0.6 is 23.1 Å². The van der Waals surface area contributed by atoms with E-state index >= 15 is 0 Å². The van der Waals surface area contributed by atoms with Gasteiger partial charge in [0.05, 0.1) is 21.5 Å². The Labute approximate surface area is 122 Å². The number of thioether (sulfide) groups is 1. The Morgan fingerprint density at radius 3 is 2.75 bits per heavy atom. The van der Waals surface area contributed by atoms with E-state index in [0.29, 0.717) is 23.4 Å².